The van der Waals surface area contributed by atoms with Gasteiger partial charge in [-0.3, -0.25) is 0 Å². The lowest BCUT2D eigenvalue weighted by atomic mass is 9.85. The molecule has 3 fully saturated rings. The van der Waals surface area contributed by atoms with Gasteiger partial charge in [0.05, 0.1) is 11.5 Å². The SMILES string of the molecule is C[C@@H]1C(C)(C)C12CCC1(C2)CS(=O)(=O)C1. The Labute approximate surface area is 92.4 Å². The summed E-state index contributed by atoms with van der Waals surface area (Å²) in [6, 6.07) is 0. The first-order chi connectivity index (χ1) is 6.73. The van der Waals surface area contributed by atoms with Crippen molar-refractivity contribution < 1.29 is 8.42 Å². The van der Waals surface area contributed by atoms with E-state index in [2.05, 4.69) is 20.8 Å². The Kier molecular flexibility index (Phi) is 1.55. The monoisotopic (exact) mass is 228 g/mol. The lowest BCUT2D eigenvalue weighted by Gasteiger charge is -2.38. The van der Waals surface area contributed by atoms with Crippen molar-refractivity contribution in [2.24, 2.45) is 22.2 Å². The van der Waals surface area contributed by atoms with Crippen LogP contribution in [0.15, 0.2) is 0 Å². The smallest absolute Gasteiger partial charge is 0.151 e. The fourth-order valence-electron chi connectivity index (χ4n) is 4.62. The predicted octanol–water partition coefficient (Wildman–Crippen LogP) is 2.25. The normalized spacial score (nSPS) is 48.1. The summed E-state index contributed by atoms with van der Waals surface area (Å²) in [7, 11) is -2.65. The molecule has 0 N–H and O–H groups in total. The van der Waals surface area contributed by atoms with Crippen molar-refractivity contribution in [3.05, 3.63) is 0 Å². The van der Waals surface area contributed by atoms with Crippen molar-refractivity contribution in [1.29, 1.82) is 0 Å². The lowest BCUT2D eigenvalue weighted by molar-refractivity contribution is 0.296. The second kappa shape index (κ2) is 2.29. The van der Waals surface area contributed by atoms with E-state index in [0.29, 0.717) is 22.3 Å². The van der Waals surface area contributed by atoms with Gasteiger partial charge in [0.2, 0.25) is 0 Å². The van der Waals surface area contributed by atoms with Crippen LogP contribution in [0.4, 0.5) is 0 Å². The van der Waals surface area contributed by atoms with E-state index in [1.165, 1.54) is 12.8 Å². The third kappa shape index (κ3) is 1.03. The van der Waals surface area contributed by atoms with Gasteiger partial charge in [-0.2, -0.15) is 0 Å². The molecule has 3 aliphatic rings. The Balaban J connectivity index is 1.82. The lowest BCUT2D eigenvalue weighted by Crippen LogP contribution is -2.46. The van der Waals surface area contributed by atoms with Crippen LogP contribution in [0.2, 0.25) is 0 Å². The quantitative estimate of drug-likeness (QED) is 0.637. The minimum absolute atomic E-state index is 0.195. The molecule has 1 saturated heterocycles. The predicted molar refractivity (Wildman–Crippen MR) is 60.3 cm³/mol. The second-order valence-electron chi connectivity index (χ2n) is 6.81. The Bertz CT molecular complexity index is 409. The van der Waals surface area contributed by atoms with E-state index in [-0.39, 0.29) is 5.41 Å². The van der Waals surface area contributed by atoms with Gasteiger partial charge in [-0.15, -0.1) is 0 Å². The van der Waals surface area contributed by atoms with Gasteiger partial charge in [0.1, 0.15) is 0 Å². The van der Waals surface area contributed by atoms with Crippen LogP contribution >= 0.6 is 0 Å². The molecule has 2 aliphatic carbocycles. The van der Waals surface area contributed by atoms with Gasteiger partial charge >= 0.3 is 0 Å². The largest absolute Gasteiger partial charge is 0.229 e. The van der Waals surface area contributed by atoms with Crippen molar-refractivity contribution in [3.63, 3.8) is 0 Å². The van der Waals surface area contributed by atoms with Crippen molar-refractivity contribution in [2.45, 2.75) is 40.0 Å². The molecule has 0 aromatic heterocycles. The number of hydrogen-bond acceptors (Lipinski definition) is 2. The molecule has 1 aliphatic heterocycles. The first-order valence-electron chi connectivity index (χ1n) is 5.94. The Morgan fingerprint density at radius 3 is 2.00 bits per heavy atom. The first-order valence-corrected chi connectivity index (χ1v) is 7.76. The van der Waals surface area contributed by atoms with Crippen LogP contribution in [0.1, 0.15) is 40.0 Å². The molecule has 0 aromatic carbocycles. The van der Waals surface area contributed by atoms with E-state index in [0.717, 1.165) is 12.3 Å². The minimum Gasteiger partial charge on any atom is -0.229 e. The molecule has 15 heavy (non-hydrogen) atoms. The van der Waals surface area contributed by atoms with Crippen LogP contribution in [-0.2, 0) is 9.84 Å². The summed E-state index contributed by atoms with van der Waals surface area (Å²) in [4.78, 5) is 0. The van der Waals surface area contributed by atoms with E-state index in [1.807, 2.05) is 0 Å². The maximum Gasteiger partial charge on any atom is 0.151 e. The molecule has 1 unspecified atom stereocenters. The van der Waals surface area contributed by atoms with Gasteiger partial charge in [-0.1, -0.05) is 20.8 Å². The van der Waals surface area contributed by atoms with Crippen molar-refractivity contribution in [1.82, 2.24) is 0 Å². The van der Waals surface area contributed by atoms with Crippen LogP contribution in [0.5, 0.6) is 0 Å². The molecule has 2 nitrogen and oxygen atoms in total. The van der Waals surface area contributed by atoms with Crippen LogP contribution in [0.3, 0.4) is 0 Å². The van der Waals surface area contributed by atoms with Crippen LogP contribution < -0.4 is 0 Å². The van der Waals surface area contributed by atoms with E-state index in [1.54, 1.807) is 0 Å². The Hall–Kier alpha value is -0.0500. The van der Waals surface area contributed by atoms with E-state index in [4.69, 9.17) is 0 Å². The minimum atomic E-state index is -2.65. The van der Waals surface area contributed by atoms with Gasteiger partial charge in [-0.05, 0) is 41.4 Å². The molecular formula is C12H20O2S. The van der Waals surface area contributed by atoms with Crippen LogP contribution in [-0.4, -0.2) is 19.9 Å². The van der Waals surface area contributed by atoms with Gasteiger partial charge in [-0.25, -0.2) is 8.42 Å². The number of sulfone groups is 1. The van der Waals surface area contributed by atoms with Gasteiger partial charge in [0.15, 0.2) is 9.84 Å². The zero-order chi connectivity index (χ0) is 11.1. The maximum absolute atomic E-state index is 11.3. The van der Waals surface area contributed by atoms with Crippen LogP contribution in [0.25, 0.3) is 0 Å². The van der Waals surface area contributed by atoms with Gasteiger partial charge < -0.3 is 0 Å². The highest BCUT2D eigenvalue weighted by atomic mass is 32.2. The Morgan fingerprint density at radius 2 is 1.67 bits per heavy atom. The average Bonchev–Trinajstić information content (AvgIpc) is 2.48. The summed E-state index contributed by atoms with van der Waals surface area (Å²) in [5, 5.41) is 0. The zero-order valence-corrected chi connectivity index (χ0v) is 10.7. The molecule has 1 heterocycles. The standard InChI is InChI=1S/C12H20O2S/c1-9-10(2,3)12(9)5-4-11(6-12)7-15(13,14)8-11/h9H,4-8H2,1-3H3/t9-,12?/m1/s1. The third-order valence-electron chi connectivity index (χ3n) is 5.96. The molecule has 2 saturated carbocycles. The molecular weight excluding hydrogens is 208 g/mol. The molecule has 2 spiro atoms. The molecule has 3 rings (SSSR count). The molecule has 3 heteroatoms. The maximum atomic E-state index is 11.3. The van der Waals surface area contributed by atoms with E-state index in [9.17, 15) is 8.42 Å². The van der Waals surface area contributed by atoms with Crippen molar-refractivity contribution >= 4 is 9.84 Å². The van der Waals surface area contributed by atoms with Crippen molar-refractivity contribution in [3.8, 4) is 0 Å². The highest BCUT2D eigenvalue weighted by molar-refractivity contribution is 7.92. The fourth-order valence-corrected chi connectivity index (χ4v) is 6.90. The second-order valence-corrected chi connectivity index (χ2v) is 8.87. The third-order valence-corrected chi connectivity index (χ3v) is 8.06. The number of hydrogen-bond donors (Lipinski definition) is 0. The van der Waals surface area contributed by atoms with Gasteiger partial charge in [0, 0.05) is 0 Å². The van der Waals surface area contributed by atoms with Crippen molar-refractivity contribution in [2.75, 3.05) is 11.5 Å². The summed E-state index contributed by atoms with van der Waals surface area (Å²) in [5.41, 5.74) is 1.14. The summed E-state index contributed by atoms with van der Waals surface area (Å²) in [5.74, 6) is 1.74. The zero-order valence-electron chi connectivity index (χ0n) is 9.84. The molecule has 0 amide bonds. The summed E-state index contributed by atoms with van der Waals surface area (Å²) in [6.07, 6.45) is 3.59. The van der Waals surface area contributed by atoms with E-state index >= 15 is 0 Å². The molecule has 0 aromatic rings. The number of rotatable bonds is 0. The molecule has 2 atom stereocenters. The highest BCUT2D eigenvalue weighted by Gasteiger charge is 2.73. The first kappa shape index (κ1) is 10.1. The average molecular weight is 228 g/mol. The summed E-state index contributed by atoms with van der Waals surface area (Å²) >= 11 is 0. The van der Waals surface area contributed by atoms with E-state index < -0.39 is 9.84 Å². The summed E-state index contributed by atoms with van der Waals surface area (Å²) in [6.45, 7) is 7.04. The summed E-state index contributed by atoms with van der Waals surface area (Å²) < 4.78 is 22.6. The fraction of sp³-hybridized carbons (Fsp3) is 1.00. The molecule has 0 bridgehead atoms. The Morgan fingerprint density at radius 1 is 1.13 bits per heavy atom. The highest BCUT2D eigenvalue weighted by Crippen LogP contribution is 2.79. The van der Waals surface area contributed by atoms with Crippen LogP contribution in [0, 0.1) is 22.2 Å². The van der Waals surface area contributed by atoms with Gasteiger partial charge in [0.25, 0.3) is 0 Å². The molecule has 86 valence electrons. The molecule has 0 radical (unpaired) electrons. The topological polar surface area (TPSA) is 34.1 Å².